The highest BCUT2D eigenvalue weighted by molar-refractivity contribution is 7.89. The van der Waals surface area contributed by atoms with E-state index in [0.717, 1.165) is 26.2 Å². The summed E-state index contributed by atoms with van der Waals surface area (Å²) < 4.78 is 26.9. The van der Waals surface area contributed by atoms with E-state index in [9.17, 15) is 13.2 Å². The van der Waals surface area contributed by atoms with Crippen LogP contribution in [0.4, 0.5) is 0 Å². The first-order chi connectivity index (χ1) is 12.9. The molecule has 0 atom stereocenters. The van der Waals surface area contributed by atoms with Crippen molar-refractivity contribution in [3.05, 3.63) is 23.5 Å². The number of likely N-dealkylation sites (tertiary alicyclic amines) is 1. The van der Waals surface area contributed by atoms with E-state index in [1.807, 2.05) is 7.05 Å². The van der Waals surface area contributed by atoms with Gasteiger partial charge in [-0.3, -0.25) is 4.79 Å². The Bertz CT molecular complexity index is 760. The number of halogens is 1. The molecule has 0 saturated carbocycles. The van der Waals surface area contributed by atoms with E-state index >= 15 is 0 Å². The van der Waals surface area contributed by atoms with E-state index in [0.29, 0.717) is 25.9 Å². The fourth-order valence-electron chi connectivity index (χ4n) is 3.77. The van der Waals surface area contributed by atoms with Crippen LogP contribution in [0.25, 0.3) is 0 Å². The molecular formula is C18H27ClN4O3S. The molecule has 3 rings (SSSR count). The number of amides is 1. The first-order valence-corrected chi connectivity index (χ1v) is 11.3. The van der Waals surface area contributed by atoms with Crippen molar-refractivity contribution in [1.29, 1.82) is 0 Å². The third-order valence-electron chi connectivity index (χ3n) is 5.47. The van der Waals surface area contributed by atoms with Crippen LogP contribution in [0, 0.1) is 5.92 Å². The normalized spacial score (nSPS) is 20.1. The number of pyridine rings is 1. The predicted octanol–water partition coefficient (Wildman–Crippen LogP) is 1.69. The zero-order chi connectivity index (χ0) is 19.4. The Labute approximate surface area is 166 Å². The Morgan fingerprint density at radius 1 is 1.26 bits per heavy atom. The van der Waals surface area contributed by atoms with E-state index in [-0.39, 0.29) is 21.9 Å². The minimum Gasteiger partial charge on any atom is -0.344 e. The van der Waals surface area contributed by atoms with Crippen molar-refractivity contribution in [3.8, 4) is 0 Å². The molecule has 2 aliphatic heterocycles. The van der Waals surface area contributed by atoms with Crippen molar-refractivity contribution in [2.24, 2.45) is 5.92 Å². The fourth-order valence-corrected chi connectivity index (χ4v) is 5.66. The van der Waals surface area contributed by atoms with Gasteiger partial charge in [-0.1, -0.05) is 11.6 Å². The largest absolute Gasteiger partial charge is 0.344 e. The van der Waals surface area contributed by atoms with Crippen LogP contribution in [0.3, 0.4) is 0 Å². The summed E-state index contributed by atoms with van der Waals surface area (Å²) in [5.41, 5.74) is 0. The lowest BCUT2D eigenvalue weighted by atomic mass is 9.97. The molecule has 0 bridgehead atoms. The standard InChI is InChI=1S/C18H27ClN4O3S/c1-21(13-14-22-9-2-3-10-22)18(24)15-6-11-23(12-7-15)27(25,26)16-5-4-8-20-17(16)19/h4-5,8,15H,2-3,6-7,9-14H2,1H3. The maximum atomic E-state index is 12.8. The molecule has 0 spiro atoms. The molecule has 2 fully saturated rings. The number of piperidine rings is 1. The first-order valence-electron chi connectivity index (χ1n) is 9.47. The van der Waals surface area contributed by atoms with Gasteiger partial charge >= 0.3 is 0 Å². The number of sulfonamides is 1. The lowest BCUT2D eigenvalue weighted by Gasteiger charge is -2.33. The highest BCUT2D eigenvalue weighted by Gasteiger charge is 2.34. The maximum Gasteiger partial charge on any atom is 0.246 e. The van der Waals surface area contributed by atoms with E-state index in [1.54, 1.807) is 11.0 Å². The quantitative estimate of drug-likeness (QED) is 0.662. The summed E-state index contributed by atoms with van der Waals surface area (Å²) in [4.78, 5) is 20.8. The SMILES string of the molecule is CN(CCN1CCCC1)C(=O)C1CCN(S(=O)(=O)c2cccnc2Cl)CC1. The molecule has 1 aromatic rings. The maximum absolute atomic E-state index is 12.8. The number of carbonyl (C=O) groups excluding carboxylic acids is 1. The summed E-state index contributed by atoms with van der Waals surface area (Å²) in [5, 5.41) is -0.0163. The summed E-state index contributed by atoms with van der Waals surface area (Å²) in [6.45, 7) is 4.52. The topological polar surface area (TPSA) is 73.8 Å². The Morgan fingerprint density at radius 2 is 1.93 bits per heavy atom. The van der Waals surface area contributed by atoms with Gasteiger partial charge in [0.1, 0.15) is 10.0 Å². The van der Waals surface area contributed by atoms with Gasteiger partial charge in [-0.2, -0.15) is 4.31 Å². The lowest BCUT2D eigenvalue weighted by molar-refractivity contribution is -0.135. The van der Waals surface area contributed by atoms with E-state index in [2.05, 4.69) is 9.88 Å². The molecule has 3 heterocycles. The minimum atomic E-state index is -3.68. The summed E-state index contributed by atoms with van der Waals surface area (Å²) in [7, 11) is -1.83. The Hall–Kier alpha value is -1.22. The van der Waals surface area contributed by atoms with Crippen molar-refractivity contribution in [2.45, 2.75) is 30.6 Å². The van der Waals surface area contributed by atoms with Gasteiger partial charge in [-0.25, -0.2) is 13.4 Å². The smallest absolute Gasteiger partial charge is 0.246 e. The average molecular weight is 415 g/mol. The molecule has 0 N–H and O–H groups in total. The monoisotopic (exact) mass is 414 g/mol. The molecule has 27 heavy (non-hydrogen) atoms. The van der Waals surface area contributed by atoms with Gasteiger partial charge in [-0.05, 0) is 50.9 Å². The third kappa shape index (κ3) is 4.80. The van der Waals surface area contributed by atoms with E-state index in [1.165, 1.54) is 29.4 Å². The molecule has 7 nitrogen and oxygen atoms in total. The lowest BCUT2D eigenvalue weighted by Crippen LogP contribution is -2.44. The number of likely N-dealkylation sites (N-methyl/N-ethyl adjacent to an activating group) is 1. The molecule has 1 aromatic heterocycles. The van der Waals surface area contributed by atoms with Gasteiger partial charge in [0, 0.05) is 45.3 Å². The number of hydrogen-bond acceptors (Lipinski definition) is 5. The number of nitrogens with zero attached hydrogens (tertiary/aromatic N) is 4. The molecule has 9 heteroatoms. The second-order valence-corrected chi connectivity index (χ2v) is 9.54. The van der Waals surface area contributed by atoms with Crippen LogP contribution in [-0.2, 0) is 14.8 Å². The van der Waals surface area contributed by atoms with Gasteiger partial charge in [0.2, 0.25) is 15.9 Å². The Balaban J connectivity index is 1.53. The number of carbonyl (C=O) groups is 1. The third-order valence-corrected chi connectivity index (χ3v) is 7.82. The predicted molar refractivity (Wildman–Crippen MR) is 104 cm³/mol. The average Bonchev–Trinajstić information content (AvgIpc) is 3.19. The molecule has 0 unspecified atom stereocenters. The zero-order valence-electron chi connectivity index (χ0n) is 15.7. The van der Waals surface area contributed by atoms with Crippen LogP contribution in [0.15, 0.2) is 23.2 Å². The van der Waals surface area contributed by atoms with Crippen LogP contribution >= 0.6 is 11.6 Å². The molecule has 150 valence electrons. The van der Waals surface area contributed by atoms with E-state index in [4.69, 9.17) is 11.6 Å². The molecule has 2 aliphatic rings. The highest BCUT2D eigenvalue weighted by atomic mass is 35.5. The molecule has 0 radical (unpaired) electrons. The molecule has 2 saturated heterocycles. The van der Waals surface area contributed by atoms with Crippen LogP contribution in [0.1, 0.15) is 25.7 Å². The van der Waals surface area contributed by atoms with E-state index < -0.39 is 10.0 Å². The van der Waals surface area contributed by atoms with Crippen molar-refractivity contribution in [2.75, 3.05) is 46.3 Å². The number of hydrogen-bond donors (Lipinski definition) is 0. The van der Waals surface area contributed by atoms with Gasteiger partial charge in [0.25, 0.3) is 0 Å². The van der Waals surface area contributed by atoms with Gasteiger partial charge in [-0.15, -0.1) is 0 Å². The summed E-state index contributed by atoms with van der Waals surface area (Å²) >= 11 is 5.96. The van der Waals surface area contributed by atoms with Crippen LogP contribution in [0.2, 0.25) is 5.15 Å². The van der Waals surface area contributed by atoms with Crippen LogP contribution in [0.5, 0.6) is 0 Å². The van der Waals surface area contributed by atoms with Crippen molar-refractivity contribution in [3.63, 3.8) is 0 Å². The Kier molecular flexibility index (Phi) is 6.73. The number of rotatable bonds is 6. The van der Waals surface area contributed by atoms with Crippen molar-refractivity contribution >= 4 is 27.5 Å². The summed E-state index contributed by atoms with van der Waals surface area (Å²) in [6.07, 6.45) is 5.01. The fraction of sp³-hybridized carbons (Fsp3) is 0.667. The van der Waals surface area contributed by atoms with Crippen molar-refractivity contribution in [1.82, 2.24) is 19.1 Å². The zero-order valence-corrected chi connectivity index (χ0v) is 17.3. The van der Waals surface area contributed by atoms with Crippen LogP contribution in [-0.4, -0.2) is 79.7 Å². The molecular weight excluding hydrogens is 388 g/mol. The Morgan fingerprint density at radius 3 is 2.56 bits per heavy atom. The molecule has 1 amide bonds. The van der Waals surface area contributed by atoms with Crippen LogP contribution < -0.4 is 0 Å². The first kappa shape index (κ1) is 20.5. The minimum absolute atomic E-state index is 0.0163. The number of aromatic nitrogens is 1. The second-order valence-electron chi connectivity index (χ2n) is 7.28. The summed E-state index contributed by atoms with van der Waals surface area (Å²) in [6, 6.07) is 3.03. The highest BCUT2D eigenvalue weighted by Crippen LogP contribution is 2.27. The van der Waals surface area contributed by atoms with Gasteiger partial charge in [0.05, 0.1) is 0 Å². The van der Waals surface area contributed by atoms with Gasteiger partial charge < -0.3 is 9.80 Å². The molecule has 0 aromatic carbocycles. The van der Waals surface area contributed by atoms with Gasteiger partial charge in [0.15, 0.2) is 0 Å². The second kappa shape index (κ2) is 8.86. The summed E-state index contributed by atoms with van der Waals surface area (Å²) in [5.74, 6) is -0.00458. The van der Waals surface area contributed by atoms with Crippen molar-refractivity contribution < 1.29 is 13.2 Å². The molecule has 0 aliphatic carbocycles.